The molecule has 2 heterocycles. The lowest BCUT2D eigenvalue weighted by Gasteiger charge is -2.13. The number of rotatable bonds is 9. The highest BCUT2D eigenvalue weighted by Gasteiger charge is 2.24. The number of H-pyrrole nitrogens is 1. The summed E-state index contributed by atoms with van der Waals surface area (Å²) in [6.07, 6.45) is 0. The van der Waals surface area contributed by atoms with Gasteiger partial charge in [-0.15, -0.1) is 0 Å². The first-order valence-electron chi connectivity index (χ1n) is 23.8. The Hall–Kier alpha value is -8.23. The number of nitrogens with zero attached hydrogens (tertiary/aromatic N) is 3. The number of fused-ring (bicyclic) bond motifs is 2. The maximum Gasteiger partial charge on any atom is 0.277 e. The number of nitro groups is 2. The molecule has 0 fully saturated rings. The molecule has 1 N–H and O–H groups in total. The van der Waals surface area contributed by atoms with Crippen LogP contribution in [0.5, 0.6) is 0 Å². The second-order valence-corrected chi connectivity index (χ2v) is 20.4. The van der Waals surface area contributed by atoms with Crippen molar-refractivity contribution >= 4 is 87.6 Å². The molecule has 0 aliphatic rings. The minimum Gasteiger partial charge on any atom is -0.354 e. The van der Waals surface area contributed by atoms with Crippen LogP contribution in [0.4, 0.5) is 11.4 Å². The fraction of sp³-hybridized carbons (Fsp3) is 0. The zero-order chi connectivity index (χ0) is 51.8. The summed E-state index contributed by atoms with van der Waals surface area (Å²) in [4.78, 5) is 26.4. The highest BCUT2D eigenvalue weighted by molar-refractivity contribution is 14.1. The Morgan fingerprint density at radius 1 is 0.413 bits per heavy atom. The zero-order valence-electron chi connectivity index (χ0n) is 39.9. The van der Waals surface area contributed by atoms with Gasteiger partial charge in [-0.05, 0) is 129 Å². The van der Waals surface area contributed by atoms with Gasteiger partial charge in [0.15, 0.2) is 0 Å². The summed E-state index contributed by atoms with van der Waals surface area (Å²) in [6.45, 7) is 0. The molecule has 0 amide bonds. The molecule has 0 aliphatic heterocycles. The minimum absolute atomic E-state index is 0.0783. The molecule has 0 spiro atoms. The van der Waals surface area contributed by atoms with Crippen molar-refractivity contribution in [3.63, 3.8) is 0 Å². The van der Waals surface area contributed by atoms with Gasteiger partial charge in [0.1, 0.15) is 0 Å². The topological polar surface area (TPSA) is 107 Å². The van der Waals surface area contributed by atoms with Gasteiger partial charge in [0.05, 0.1) is 37.9 Å². The maximum atomic E-state index is 11.9. The second-order valence-electron chi connectivity index (χ2n) is 17.4. The van der Waals surface area contributed by atoms with Crippen molar-refractivity contribution < 1.29 is 9.85 Å². The molecule has 8 nitrogen and oxygen atoms in total. The van der Waals surface area contributed by atoms with Crippen molar-refractivity contribution in [2.24, 2.45) is 0 Å². The van der Waals surface area contributed by atoms with E-state index in [4.69, 9.17) is 0 Å². The van der Waals surface area contributed by atoms with Crippen LogP contribution in [-0.2, 0) is 0 Å². The third-order valence-electron chi connectivity index (χ3n) is 12.7. The van der Waals surface area contributed by atoms with Crippen LogP contribution < -0.4 is 0 Å². The predicted molar refractivity (Wildman–Crippen MR) is 322 cm³/mol. The minimum atomic E-state index is -0.337. The highest BCUT2D eigenvalue weighted by Crippen LogP contribution is 2.46. The van der Waals surface area contributed by atoms with Crippen LogP contribution in [0, 0.1) is 23.8 Å². The first-order valence-corrected chi connectivity index (χ1v) is 26.5. The average Bonchev–Trinajstić information content (AvgIpc) is 4.01. The Labute approximate surface area is 463 Å². The monoisotopic (exact) mass is 1220 g/mol. The lowest BCUT2D eigenvalue weighted by molar-refractivity contribution is -0.384. The number of benzene rings is 10. The number of aromatic nitrogens is 2. The smallest absolute Gasteiger partial charge is 0.277 e. The third kappa shape index (κ3) is 11.0. The van der Waals surface area contributed by atoms with Gasteiger partial charge in [0.2, 0.25) is 0 Å². The number of nitro benzene ring substituents is 2. The quantitative estimate of drug-likeness (QED) is 0.0882. The Kier molecular flexibility index (Phi) is 15.4. The Balaban J connectivity index is 0.000000153. The molecule has 12 rings (SSSR count). The number of aromatic amines is 1. The van der Waals surface area contributed by atoms with Crippen LogP contribution in [0.2, 0.25) is 0 Å². The van der Waals surface area contributed by atoms with E-state index in [1.165, 1.54) is 9.64 Å². The van der Waals surface area contributed by atoms with E-state index in [0.717, 1.165) is 92.3 Å². The van der Waals surface area contributed by atoms with Gasteiger partial charge in [-0.2, -0.15) is 0 Å². The molecule has 12 aromatic rings. The lowest BCUT2D eigenvalue weighted by atomic mass is 9.96. The molecular formula is C64H43Br2IN4O4. The molecule has 0 unspecified atom stereocenters. The molecule has 0 saturated carbocycles. The van der Waals surface area contributed by atoms with Crippen molar-refractivity contribution in [2.45, 2.75) is 0 Å². The number of halogens is 3. The highest BCUT2D eigenvalue weighted by atomic mass is 127. The average molecular weight is 1220 g/mol. The van der Waals surface area contributed by atoms with E-state index in [0.29, 0.717) is 11.1 Å². The van der Waals surface area contributed by atoms with E-state index < -0.39 is 0 Å². The molecule has 0 bridgehead atoms. The Morgan fingerprint density at radius 3 is 1.32 bits per heavy atom. The normalized spacial score (nSPS) is 10.8. The zero-order valence-corrected chi connectivity index (χ0v) is 45.2. The van der Waals surface area contributed by atoms with Gasteiger partial charge in [0, 0.05) is 57.8 Å². The lowest BCUT2D eigenvalue weighted by Crippen LogP contribution is -1.97. The van der Waals surface area contributed by atoms with Crippen LogP contribution in [0.25, 0.3) is 94.5 Å². The number of nitrogens with one attached hydrogen (secondary N) is 1. The van der Waals surface area contributed by atoms with Crippen LogP contribution in [0.15, 0.2) is 264 Å². The van der Waals surface area contributed by atoms with E-state index in [-0.39, 0.29) is 21.2 Å². The summed E-state index contributed by atoms with van der Waals surface area (Å²) in [5.41, 5.74) is 14.6. The fourth-order valence-corrected chi connectivity index (χ4v) is 10.5. The van der Waals surface area contributed by atoms with Crippen molar-refractivity contribution in [1.82, 2.24) is 9.55 Å². The molecule has 364 valence electrons. The standard InChI is InChI=1S/C32H21BrN2O2.C26H17BrN2O2.C6H5I/c33-25-17-19-30(35(36)37)27(21-25)24-16-18-29-28(20-24)31(22-10-4-1-5-11-22)32(23-12-6-2-7-13-23)34(29)26-14-8-3-9-15-26;27-20-12-14-24(29(30)31)21(16-20)19-11-13-23-22(15-19)25(17-7-3-1-4-8-17)26(28-23)18-9-5-2-6-10-18;7-6-4-2-1-3-5-6/h1-21H;1-16,28H;1-5H. The van der Waals surface area contributed by atoms with Gasteiger partial charge in [-0.25, -0.2) is 0 Å². The molecule has 0 saturated heterocycles. The van der Waals surface area contributed by atoms with Gasteiger partial charge < -0.3 is 9.55 Å². The van der Waals surface area contributed by atoms with E-state index in [9.17, 15) is 20.2 Å². The molecule has 2 aromatic heterocycles. The van der Waals surface area contributed by atoms with Crippen LogP contribution in [0.3, 0.4) is 0 Å². The van der Waals surface area contributed by atoms with Gasteiger partial charge >= 0.3 is 0 Å². The first-order chi connectivity index (χ1) is 36.6. The van der Waals surface area contributed by atoms with Crippen molar-refractivity contribution in [3.05, 3.63) is 288 Å². The summed E-state index contributed by atoms with van der Waals surface area (Å²) >= 11 is 9.22. The van der Waals surface area contributed by atoms with E-state index in [2.05, 4.69) is 149 Å². The SMILES string of the molecule is Ic1ccccc1.O=[N+]([O-])c1ccc(Br)cc1-c1ccc2[nH]c(-c3ccccc3)c(-c3ccccc3)c2c1.O=[N+]([O-])c1ccc(Br)cc1-c1ccc2c(c1)c(-c1ccccc1)c(-c1ccccc1)n2-c1ccccc1. The van der Waals surface area contributed by atoms with Crippen molar-refractivity contribution in [3.8, 4) is 72.7 Å². The van der Waals surface area contributed by atoms with E-state index >= 15 is 0 Å². The van der Waals surface area contributed by atoms with E-state index in [1.54, 1.807) is 24.3 Å². The van der Waals surface area contributed by atoms with E-state index in [1.807, 2.05) is 140 Å². The summed E-state index contributed by atoms with van der Waals surface area (Å²) in [5.74, 6) is 0. The number of hydrogen-bond donors (Lipinski definition) is 1. The summed E-state index contributed by atoms with van der Waals surface area (Å²) in [7, 11) is 0. The van der Waals surface area contributed by atoms with Gasteiger partial charge in [-0.3, -0.25) is 20.2 Å². The Bertz CT molecular complexity index is 3970. The number of hydrogen-bond acceptors (Lipinski definition) is 4. The molecule has 11 heteroatoms. The van der Waals surface area contributed by atoms with Crippen molar-refractivity contribution in [2.75, 3.05) is 0 Å². The Morgan fingerprint density at radius 2 is 0.840 bits per heavy atom. The first kappa shape index (κ1) is 50.3. The third-order valence-corrected chi connectivity index (χ3v) is 14.4. The largest absolute Gasteiger partial charge is 0.354 e. The molecule has 0 atom stereocenters. The molecule has 75 heavy (non-hydrogen) atoms. The van der Waals surface area contributed by atoms with Crippen LogP contribution >= 0.6 is 54.5 Å². The van der Waals surface area contributed by atoms with Gasteiger partial charge in [-0.1, -0.05) is 202 Å². The van der Waals surface area contributed by atoms with Crippen LogP contribution in [0.1, 0.15) is 0 Å². The summed E-state index contributed by atoms with van der Waals surface area (Å²) in [5, 5.41) is 25.6. The van der Waals surface area contributed by atoms with Crippen molar-refractivity contribution in [1.29, 1.82) is 0 Å². The molecule has 10 aromatic carbocycles. The summed E-state index contributed by atoms with van der Waals surface area (Å²) < 4.78 is 5.17. The number of para-hydroxylation sites is 1. The molecule has 0 aliphatic carbocycles. The molecular weight excluding hydrogens is 1180 g/mol. The second kappa shape index (κ2) is 22.9. The van der Waals surface area contributed by atoms with Crippen LogP contribution in [-0.4, -0.2) is 19.4 Å². The predicted octanol–water partition coefficient (Wildman–Crippen LogP) is 19.4. The maximum absolute atomic E-state index is 11.9. The molecule has 0 radical (unpaired) electrons. The summed E-state index contributed by atoms with van der Waals surface area (Å²) in [6, 6.07) is 83.8. The fourth-order valence-electron chi connectivity index (χ4n) is 9.37. The van der Waals surface area contributed by atoms with Gasteiger partial charge in [0.25, 0.3) is 11.4 Å².